The first-order valence-electron chi connectivity index (χ1n) is 6.58. The van der Waals surface area contributed by atoms with E-state index in [9.17, 15) is 4.39 Å². The number of hydrogen-bond donors (Lipinski definition) is 1. The number of hydrogen-bond acceptors (Lipinski definition) is 3. The van der Waals surface area contributed by atoms with Gasteiger partial charge in [-0.2, -0.15) is 0 Å². The number of nitrogen functional groups attached to an aromatic ring is 1. The van der Waals surface area contributed by atoms with E-state index < -0.39 is 0 Å². The average Bonchev–Trinajstić information content (AvgIpc) is 2.48. The van der Waals surface area contributed by atoms with Crippen molar-refractivity contribution >= 4 is 5.69 Å². The van der Waals surface area contributed by atoms with Crippen molar-refractivity contribution in [2.45, 2.75) is 6.92 Å². The average molecular weight is 279 g/mol. The van der Waals surface area contributed by atoms with Crippen LogP contribution in [0.1, 0.15) is 5.56 Å². The normalized spacial score (nSPS) is 10.6. The summed E-state index contributed by atoms with van der Waals surface area (Å²) in [5.41, 5.74) is 10.5. The molecular formula is C17H14FN3. The first kappa shape index (κ1) is 13.2. The highest BCUT2D eigenvalue weighted by Gasteiger charge is 2.12. The lowest BCUT2D eigenvalue weighted by molar-refractivity contribution is 0.627. The van der Waals surface area contributed by atoms with Crippen molar-refractivity contribution in [3.63, 3.8) is 0 Å². The fraction of sp³-hybridized carbons (Fsp3) is 0.0588. The van der Waals surface area contributed by atoms with Gasteiger partial charge < -0.3 is 5.73 Å². The van der Waals surface area contributed by atoms with Gasteiger partial charge in [0.15, 0.2) is 0 Å². The molecule has 0 unspecified atom stereocenters. The Bertz CT molecular complexity index is 782. The van der Waals surface area contributed by atoms with Gasteiger partial charge in [0.05, 0.1) is 11.4 Å². The monoisotopic (exact) mass is 279 g/mol. The smallest absolute Gasteiger partial charge is 0.123 e. The second kappa shape index (κ2) is 5.32. The van der Waals surface area contributed by atoms with Gasteiger partial charge in [0.25, 0.3) is 0 Å². The van der Waals surface area contributed by atoms with Crippen molar-refractivity contribution in [2.24, 2.45) is 0 Å². The van der Waals surface area contributed by atoms with Crippen LogP contribution in [0.25, 0.3) is 22.5 Å². The lowest BCUT2D eigenvalue weighted by Crippen LogP contribution is -1.95. The highest BCUT2D eigenvalue weighted by atomic mass is 19.1. The van der Waals surface area contributed by atoms with Crippen LogP contribution in [0.5, 0.6) is 0 Å². The summed E-state index contributed by atoms with van der Waals surface area (Å²) in [5, 5.41) is 0. The molecule has 2 N–H and O–H groups in total. The Hall–Kier alpha value is -2.75. The Balaban J connectivity index is 2.18. The molecule has 3 aromatic rings. The first-order valence-corrected chi connectivity index (χ1v) is 6.58. The van der Waals surface area contributed by atoms with Crippen molar-refractivity contribution in [1.29, 1.82) is 0 Å². The Kier molecular flexibility index (Phi) is 3.36. The minimum Gasteiger partial charge on any atom is -0.399 e. The van der Waals surface area contributed by atoms with Crippen molar-refractivity contribution in [3.8, 4) is 22.5 Å². The molecule has 0 aliphatic carbocycles. The Morgan fingerprint density at radius 2 is 1.57 bits per heavy atom. The highest BCUT2D eigenvalue weighted by molar-refractivity contribution is 5.79. The second-order valence-corrected chi connectivity index (χ2v) is 4.83. The van der Waals surface area contributed by atoms with Crippen molar-refractivity contribution in [3.05, 3.63) is 66.2 Å². The summed E-state index contributed by atoms with van der Waals surface area (Å²) in [7, 11) is 0. The van der Waals surface area contributed by atoms with E-state index in [1.807, 2.05) is 31.2 Å². The van der Waals surface area contributed by atoms with Gasteiger partial charge in [0.1, 0.15) is 5.82 Å². The molecule has 0 bridgehead atoms. The van der Waals surface area contributed by atoms with E-state index in [2.05, 4.69) is 9.97 Å². The molecule has 4 heteroatoms. The van der Waals surface area contributed by atoms with Crippen LogP contribution in [0.2, 0.25) is 0 Å². The van der Waals surface area contributed by atoms with Gasteiger partial charge in [-0.1, -0.05) is 12.1 Å². The Morgan fingerprint density at radius 3 is 2.24 bits per heavy atom. The number of aromatic nitrogens is 2. The molecule has 0 atom stereocenters. The third-order valence-electron chi connectivity index (χ3n) is 3.33. The number of aryl methyl sites for hydroxylation is 1. The predicted molar refractivity (Wildman–Crippen MR) is 82.0 cm³/mol. The summed E-state index contributed by atoms with van der Waals surface area (Å²) in [6.07, 6.45) is 3.28. The van der Waals surface area contributed by atoms with Crippen LogP contribution in [0.3, 0.4) is 0 Å². The number of nitrogens with two attached hydrogens (primary N) is 1. The number of nitrogens with zero attached hydrogens (tertiary/aromatic N) is 2. The van der Waals surface area contributed by atoms with Crippen LogP contribution in [-0.4, -0.2) is 9.97 Å². The number of halogens is 1. The lowest BCUT2D eigenvalue weighted by atomic mass is 10.00. The Labute approximate surface area is 122 Å². The van der Waals surface area contributed by atoms with E-state index in [0.29, 0.717) is 5.69 Å². The summed E-state index contributed by atoms with van der Waals surface area (Å²) in [5.74, 6) is -0.255. The van der Waals surface area contributed by atoms with E-state index in [1.54, 1.807) is 18.5 Å². The molecule has 0 aliphatic heterocycles. The van der Waals surface area contributed by atoms with Gasteiger partial charge in [-0.15, -0.1) is 0 Å². The van der Waals surface area contributed by atoms with Crippen LogP contribution >= 0.6 is 0 Å². The SMILES string of the molecule is Cc1cc(F)ccc1-c1nccnc1-c1ccc(N)cc1. The molecule has 104 valence electrons. The molecule has 21 heavy (non-hydrogen) atoms. The van der Waals surface area contributed by atoms with E-state index in [0.717, 1.165) is 28.1 Å². The third kappa shape index (κ3) is 2.60. The number of anilines is 1. The van der Waals surface area contributed by atoms with Gasteiger partial charge in [-0.25, -0.2) is 4.39 Å². The maximum Gasteiger partial charge on any atom is 0.123 e. The lowest BCUT2D eigenvalue weighted by Gasteiger charge is -2.10. The molecule has 3 nitrogen and oxygen atoms in total. The quantitative estimate of drug-likeness (QED) is 0.725. The van der Waals surface area contributed by atoms with Crippen molar-refractivity contribution in [2.75, 3.05) is 5.73 Å². The van der Waals surface area contributed by atoms with E-state index >= 15 is 0 Å². The van der Waals surface area contributed by atoms with Gasteiger partial charge in [-0.3, -0.25) is 9.97 Å². The summed E-state index contributed by atoms with van der Waals surface area (Å²) in [6.45, 7) is 1.86. The zero-order valence-corrected chi connectivity index (χ0v) is 11.5. The van der Waals surface area contributed by atoms with E-state index in [1.165, 1.54) is 12.1 Å². The van der Waals surface area contributed by atoms with Crippen LogP contribution in [-0.2, 0) is 0 Å². The zero-order valence-electron chi connectivity index (χ0n) is 11.5. The van der Waals surface area contributed by atoms with Crippen LogP contribution in [0.15, 0.2) is 54.9 Å². The molecule has 0 saturated heterocycles. The van der Waals surface area contributed by atoms with Crippen LogP contribution in [0, 0.1) is 12.7 Å². The van der Waals surface area contributed by atoms with Crippen molar-refractivity contribution in [1.82, 2.24) is 9.97 Å². The summed E-state index contributed by atoms with van der Waals surface area (Å²) >= 11 is 0. The molecule has 1 aromatic heterocycles. The minimum atomic E-state index is -0.255. The molecule has 0 spiro atoms. The molecule has 0 saturated carbocycles. The van der Waals surface area contributed by atoms with Gasteiger partial charge in [-0.05, 0) is 42.8 Å². The third-order valence-corrected chi connectivity index (χ3v) is 3.33. The molecule has 0 amide bonds. The predicted octanol–water partition coefficient (Wildman–Crippen LogP) is 3.84. The van der Waals surface area contributed by atoms with Crippen LogP contribution < -0.4 is 5.73 Å². The highest BCUT2D eigenvalue weighted by Crippen LogP contribution is 2.30. The summed E-state index contributed by atoms with van der Waals surface area (Å²) in [4.78, 5) is 8.84. The molecule has 0 aliphatic rings. The minimum absolute atomic E-state index is 0.255. The maximum absolute atomic E-state index is 13.3. The molecule has 3 rings (SSSR count). The van der Waals surface area contributed by atoms with Gasteiger partial charge in [0, 0.05) is 29.2 Å². The fourth-order valence-electron chi connectivity index (χ4n) is 2.28. The van der Waals surface area contributed by atoms with E-state index in [4.69, 9.17) is 5.73 Å². The van der Waals surface area contributed by atoms with E-state index in [-0.39, 0.29) is 5.82 Å². The molecule has 2 aromatic carbocycles. The molecular weight excluding hydrogens is 265 g/mol. The molecule has 0 radical (unpaired) electrons. The number of benzene rings is 2. The largest absolute Gasteiger partial charge is 0.399 e. The topological polar surface area (TPSA) is 51.8 Å². The molecule has 1 heterocycles. The van der Waals surface area contributed by atoms with Gasteiger partial charge in [0.2, 0.25) is 0 Å². The fourth-order valence-corrected chi connectivity index (χ4v) is 2.28. The standard InChI is InChI=1S/C17H14FN3/c1-11-10-13(18)4-7-15(11)17-16(20-8-9-21-17)12-2-5-14(19)6-3-12/h2-10H,19H2,1H3. The first-order chi connectivity index (χ1) is 10.1. The second-order valence-electron chi connectivity index (χ2n) is 4.83. The zero-order chi connectivity index (χ0) is 14.8. The summed E-state index contributed by atoms with van der Waals surface area (Å²) < 4.78 is 13.3. The number of rotatable bonds is 2. The summed E-state index contributed by atoms with van der Waals surface area (Å²) in [6, 6.07) is 12.1. The van der Waals surface area contributed by atoms with Crippen molar-refractivity contribution < 1.29 is 4.39 Å². The molecule has 0 fully saturated rings. The maximum atomic E-state index is 13.3. The Morgan fingerprint density at radius 1 is 0.905 bits per heavy atom. The van der Waals surface area contributed by atoms with Gasteiger partial charge >= 0.3 is 0 Å². The van der Waals surface area contributed by atoms with Crippen LogP contribution in [0.4, 0.5) is 10.1 Å².